The minimum Gasteiger partial charge on any atom is -0.388 e. The first-order chi connectivity index (χ1) is 6.47. The fraction of sp³-hybridized carbons (Fsp3) is 0.455. The van der Waals surface area contributed by atoms with Gasteiger partial charge in [0.05, 0.1) is 6.10 Å². The SMILES string of the molecule is CC(C)(CN)C(O)c1ccc(Cl)cc1. The predicted octanol–water partition coefficient (Wildman–Crippen LogP) is 2.36. The van der Waals surface area contributed by atoms with Crippen molar-refractivity contribution in [3.63, 3.8) is 0 Å². The first-order valence-corrected chi connectivity index (χ1v) is 4.99. The van der Waals surface area contributed by atoms with Crippen LogP contribution in [-0.2, 0) is 0 Å². The van der Waals surface area contributed by atoms with Gasteiger partial charge in [-0.15, -0.1) is 0 Å². The fourth-order valence-electron chi connectivity index (χ4n) is 1.21. The van der Waals surface area contributed by atoms with Crippen molar-refractivity contribution in [1.82, 2.24) is 0 Å². The van der Waals surface area contributed by atoms with E-state index >= 15 is 0 Å². The molecule has 0 saturated heterocycles. The van der Waals surface area contributed by atoms with Crippen molar-refractivity contribution in [3.05, 3.63) is 34.9 Å². The van der Waals surface area contributed by atoms with Gasteiger partial charge in [-0.1, -0.05) is 37.6 Å². The van der Waals surface area contributed by atoms with Crippen LogP contribution in [0.3, 0.4) is 0 Å². The average Bonchev–Trinajstić information content (AvgIpc) is 2.18. The van der Waals surface area contributed by atoms with E-state index in [-0.39, 0.29) is 5.41 Å². The second-order valence-electron chi connectivity index (χ2n) is 4.15. The molecule has 0 aliphatic heterocycles. The summed E-state index contributed by atoms with van der Waals surface area (Å²) in [5.41, 5.74) is 6.13. The van der Waals surface area contributed by atoms with Crippen LogP contribution in [0.2, 0.25) is 5.02 Å². The lowest BCUT2D eigenvalue weighted by molar-refractivity contribution is 0.0555. The highest BCUT2D eigenvalue weighted by Gasteiger charge is 2.27. The summed E-state index contributed by atoms with van der Waals surface area (Å²) in [7, 11) is 0. The maximum atomic E-state index is 10.0. The Bertz CT molecular complexity index is 295. The Balaban J connectivity index is 2.89. The molecule has 0 saturated carbocycles. The number of halogens is 1. The molecule has 1 atom stereocenters. The quantitative estimate of drug-likeness (QED) is 0.810. The summed E-state index contributed by atoms with van der Waals surface area (Å²) in [5.74, 6) is 0. The first-order valence-electron chi connectivity index (χ1n) is 4.61. The van der Waals surface area contributed by atoms with Crippen molar-refractivity contribution in [2.24, 2.45) is 11.1 Å². The zero-order chi connectivity index (χ0) is 10.8. The van der Waals surface area contributed by atoms with Gasteiger partial charge in [-0.3, -0.25) is 0 Å². The number of aliphatic hydroxyl groups excluding tert-OH is 1. The van der Waals surface area contributed by atoms with Crippen LogP contribution in [0.25, 0.3) is 0 Å². The van der Waals surface area contributed by atoms with Crippen LogP contribution in [0, 0.1) is 5.41 Å². The molecular weight excluding hydrogens is 198 g/mol. The molecule has 0 bridgehead atoms. The number of aliphatic hydroxyl groups is 1. The zero-order valence-electron chi connectivity index (χ0n) is 8.50. The van der Waals surface area contributed by atoms with Crippen LogP contribution in [0.4, 0.5) is 0 Å². The van der Waals surface area contributed by atoms with Gasteiger partial charge in [-0.05, 0) is 17.7 Å². The zero-order valence-corrected chi connectivity index (χ0v) is 9.25. The second-order valence-corrected chi connectivity index (χ2v) is 4.58. The van der Waals surface area contributed by atoms with Gasteiger partial charge in [0.1, 0.15) is 0 Å². The largest absolute Gasteiger partial charge is 0.388 e. The van der Waals surface area contributed by atoms with E-state index in [0.29, 0.717) is 11.6 Å². The Hall–Kier alpha value is -0.570. The first kappa shape index (κ1) is 11.5. The molecule has 1 rings (SSSR count). The number of nitrogens with two attached hydrogens (primary N) is 1. The molecule has 0 heterocycles. The minimum absolute atomic E-state index is 0.312. The molecule has 14 heavy (non-hydrogen) atoms. The lowest BCUT2D eigenvalue weighted by Gasteiger charge is -2.29. The molecule has 1 aromatic carbocycles. The van der Waals surface area contributed by atoms with E-state index in [9.17, 15) is 5.11 Å². The van der Waals surface area contributed by atoms with Gasteiger partial charge in [0.15, 0.2) is 0 Å². The van der Waals surface area contributed by atoms with Crippen molar-refractivity contribution < 1.29 is 5.11 Å². The molecule has 0 aromatic heterocycles. The summed E-state index contributed by atoms with van der Waals surface area (Å²) >= 11 is 5.76. The van der Waals surface area contributed by atoms with Gasteiger partial charge in [-0.2, -0.15) is 0 Å². The van der Waals surface area contributed by atoms with Crippen LogP contribution in [0.15, 0.2) is 24.3 Å². The van der Waals surface area contributed by atoms with Gasteiger partial charge in [0.2, 0.25) is 0 Å². The molecule has 1 aromatic rings. The molecule has 0 aliphatic rings. The van der Waals surface area contributed by atoms with E-state index in [4.69, 9.17) is 17.3 Å². The van der Waals surface area contributed by atoms with E-state index in [1.54, 1.807) is 12.1 Å². The molecule has 3 heteroatoms. The molecule has 0 aliphatic carbocycles. The summed E-state index contributed by atoms with van der Waals surface area (Å²) in [6.45, 7) is 4.31. The van der Waals surface area contributed by atoms with Crippen LogP contribution in [0.5, 0.6) is 0 Å². The predicted molar refractivity (Wildman–Crippen MR) is 59.2 cm³/mol. The van der Waals surface area contributed by atoms with Crippen LogP contribution in [-0.4, -0.2) is 11.7 Å². The van der Waals surface area contributed by atoms with E-state index in [0.717, 1.165) is 5.56 Å². The third-order valence-corrected chi connectivity index (χ3v) is 2.70. The van der Waals surface area contributed by atoms with Crippen molar-refractivity contribution in [3.8, 4) is 0 Å². The van der Waals surface area contributed by atoms with Gasteiger partial charge in [0.25, 0.3) is 0 Å². The Kier molecular flexibility index (Phi) is 3.53. The van der Waals surface area contributed by atoms with Gasteiger partial charge in [0, 0.05) is 17.0 Å². The molecular formula is C11H16ClNO. The highest BCUT2D eigenvalue weighted by Crippen LogP contribution is 2.32. The van der Waals surface area contributed by atoms with Crippen molar-refractivity contribution in [1.29, 1.82) is 0 Å². The fourth-order valence-corrected chi connectivity index (χ4v) is 1.33. The third-order valence-electron chi connectivity index (χ3n) is 2.45. The summed E-state index contributed by atoms with van der Waals surface area (Å²) in [5, 5.41) is 10.7. The number of benzene rings is 1. The Morgan fingerprint density at radius 3 is 2.29 bits per heavy atom. The van der Waals surface area contributed by atoms with Crippen LogP contribution >= 0.6 is 11.6 Å². The molecule has 0 fully saturated rings. The highest BCUT2D eigenvalue weighted by molar-refractivity contribution is 6.30. The van der Waals surface area contributed by atoms with Crippen molar-refractivity contribution in [2.75, 3.05) is 6.54 Å². The lowest BCUT2D eigenvalue weighted by atomic mass is 9.83. The van der Waals surface area contributed by atoms with Gasteiger partial charge < -0.3 is 10.8 Å². The number of hydrogen-bond acceptors (Lipinski definition) is 2. The Morgan fingerprint density at radius 2 is 1.86 bits per heavy atom. The van der Waals surface area contributed by atoms with E-state index in [1.165, 1.54) is 0 Å². The maximum absolute atomic E-state index is 10.0. The summed E-state index contributed by atoms with van der Waals surface area (Å²) in [6.07, 6.45) is -0.551. The van der Waals surface area contributed by atoms with E-state index in [2.05, 4.69) is 0 Å². The molecule has 2 nitrogen and oxygen atoms in total. The Morgan fingerprint density at radius 1 is 1.36 bits per heavy atom. The van der Waals surface area contributed by atoms with Crippen LogP contribution < -0.4 is 5.73 Å². The van der Waals surface area contributed by atoms with E-state index < -0.39 is 6.10 Å². The molecule has 0 spiro atoms. The molecule has 0 amide bonds. The summed E-state index contributed by atoms with van der Waals surface area (Å²) in [4.78, 5) is 0. The monoisotopic (exact) mass is 213 g/mol. The van der Waals surface area contributed by atoms with Crippen LogP contribution in [0.1, 0.15) is 25.5 Å². The Labute approximate surface area is 89.7 Å². The third kappa shape index (κ3) is 2.47. The minimum atomic E-state index is -0.551. The summed E-state index contributed by atoms with van der Waals surface area (Å²) < 4.78 is 0. The standard InChI is InChI=1S/C11H16ClNO/c1-11(2,7-13)10(14)8-3-5-9(12)6-4-8/h3-6,10,14H,7,13H2,1-2H3. The van der Waals surface area contributed by atoms with Gasteiger partial charge >= 0.3 is 0 Å². The van der Waals surface area contributed by atoms with E-state index in [1.807, 2.05) is 26.0 Å². The number of rotatable bonds is 3. The summed E-state index contributed by atoms with van der Waals surface area (Å²) in [6, 6.07) is 7.19. The average molecular weight is 214 g/mol. The maximum Gasteiger partial charge on any atom is 0.0853 e. The molecule has 78 valence electrons. The lowest BCUT2D eigenvalue weighted by Crippen LogP contribution is -2.30. The van der Waals surface area contributed by atoms with Gasteiger partial charge in [-0.25, -0.2) is 0 Å². The normalized spacial score (nSPS) is 14.1. The topological polar surface area (TPSA) is 46.2 Å². The van der Waals surface area contributed by atoms with Crippen molar-refractivity contribution in [2.45, 2.75) is 20.0 Å². The second kappa shape index (κ2) is 4.30. The molecule has 0 radical (unpaired) electrons. The molecule has 3 N–H and O–H groups in total. The molecule has 1 unspecified atom stereocenters. The smallest absolute Gasteiger partial charge is 0.0853 e. The number of hydrogen-bond donors (Lipinski definition) is 2. The van der Waals surface area contributed by atoms with Crippen molar-refractivity contribution >= 4 is 11.6 Å². The highest BCUT2D eigenvalue weighted by atomic mass is 35.5.